The largest absolute Gasteiger partial charge is 0.244 e. The first-order chi connectivity index (χ1) is 9.84. The number of nitrogens with zero attached hydrogens (tertiary/aromatic N) is 1. The molecule has 0 aliphatic heterocycles. The highest BCUT2D eigenvalue weighted by molar-refractivity contribution is 6.29. The van der Waals surface area contributed by atoms with Gasteiger partial charge in [0.25, 0.3) is 0 Å². The number of pyridine rings is 1. The molecule has 0 amide bonds. The van der Waals surface area contributed by atoms with Crippen molar-refractivity contribution >= 4 is 11.6 Å². The molecule has 1 nitrogen and oxygen atoms in total. The van der Waals surface area contributed by atoms with Crippen LogP contribution in [0.3, 0.4) is 0 Å². The zero-order valence-corrected chi connectivity index (χ0v) is 11.7. The van der Waals surface area contributed by atoms with E-state index in [1.54, 1.807) is 0 Å². The van der Waals surface area contributed by atoms with Gasteiger partial charge in [-0.05, 0) is 22.8 Å². The number of halogens is 1. The third-order valence-electron chi connectivity index (χ3n) is 3.35. The molecule has 0 radical (unpaired) electrons. The van der Waals surface area contributed by atoms with Crippen LogP contribution >= 0.6 is 11.6 Å². The van der Waals surface area contributed by atoms with Gasteiger partial charge in [-0.2, -0.15) is 0 Å². The van der Waals surface area contributed by atoms with Gasteiger partial charge in [0.15, 0.2) is 0 Å². The number of benzene rings is 2. The molecule has 1 heterocycles. The summed E-state index contributed by atoms with van der Waals surface area (Å²) in [6.45, 7) is 0. The minimum atomic E-state index is 0.183. The summed E-state index contributed by atoms with van der Waals surface area (Å²) in [7, 11) is 0. The number of aromatic nitrogens is 1. The van der Waals surface area contributed by atoms with Crippen LogP contribution in [0.15, 0.2) is 79.0 Å². The molecule has 0 spiro atoms. The minimum absolute atomic E-state index is 0.183. The predicted octanol–water partition coefficient (Wildman–Crippen LogP) is 4.92. The van der Waals surface area contributed by atoms with Gasteiger partial charge >= 0.3 is 0 Å². The van der Waals surface area contributed by atoms with Gasteiger partial charge < -0.3 is 0 Å². The van der Waals surface area contributed by atoms with Crippen molar-refractivity contribution in [1.82, 2.24) is 4.98 Å². The molecule has 0 unspecified atom stereocenters. The Bertz CT molecular complexity index is 623. The van der Waals surface area contributed by atoms with Crippen LogP contribution in [0.4, 0.5) is 0 Å². The highest BCUT2D eigenvalue weighted by Gasteiger charge is 2.16. The average Bonchev–Trinajstić information content (AvgIpc) is 2.52. The van der Waals surface area contributed by atoms with Crippen molar-refractivity contribution in [2.75, 3.05) is 0 Å². The molecule has 0 N–H and O–H groups in total. The quantitative estimate of drug-likeness (QED) is 0.621. The Morgan fingerprint density at radius 3 is 1.65 bits per heavy atom. The molecule has 1 aromatic heterocycles. The molecule has 2 heteroatoms. The molecule has 20 heavy (non-hydrogen) atoms. The lowest BCUT2D eigenvalue weighted by Crippen LogP contribution is -2.03. The Kier molecular flexibility index (Phi) is 3.80. The SMILES string of the molecule is Clc1ccc(C(c2ccccc2)c2ccccc2)cn1. The van der Waals surface area contributed by atoms with E-state index < -0.39 is 0 Å². The predicted molar refractivity (Wildman–Crippen MR) is 83.1 cm³/mol. The second kappa shape index (κ2) is 5.89. The molecule has 2 aromatic carbocycles. The van der Waals surface area contributed by atoms with Gasteiger partial charge in [-0.25, -0.2) is 4.98 Å². The first-order valence-electron chi connectivity index (χ1n) is 6.56. The van der Waals surface area contributed by atoms with Gasteiger partial charge in [0, 0.05) is 12.1 Å². The van der Waals surface area contributed by atoms with Gasteiger partial charge in [0.05, 0.1) is 0 Å². The van der Waals surface area contributed by atoms with Gasteiger partial charge in [-0.15, -0.1) is 0 Å². The van der Waals surface area contributed by atoms with Crippen LogP contribution in [-0.4, -0.2) is 4.98 Å². The molecule has 3 aromatic rings. The van der Waals surface area contributed by atoms with E-state index in [2.05, 4.69) is 53.5 Å². The molecule has 0 bridgehead atoms. The maximum Gasteiger partial charge on any atom is 0.129 e. The van der Waals surface area contributed by atoms with E-state index >= 15 is 0 Å². The molecule has 3 rings (SSSR count). The van der Waals surface area contributed by atoms with Crippen molar-refractivity contribution in [3.05, 3.63) is 101 Å². The Morgan fingerprint density at radius 1 is 0.650 bits per heavy atom. The Labute approximate surface area is 123 Å². The summed E-state index contributed by atoms with van der Waals surface area (Å²) >= 11 is 5.90. The smallest absolute Gasteiger partial charge is 0.129 e. The average molecular weight is 280 g/mol. The lowest BCUT2D eigenvalue weighted by Gasteiger charge is -2.18. The molecule has 0 atom stereocenters. The molecular formula is C18H14ClN. The number of hydrogen-bond donors (Lipinski definition) is 0. The summed E-state index contributed by atoms with van der Waals surface area (Å²) in [4.78, 5) is 4.22. The molecule has 98 valence electrons. The van der Waals surface area contributed by atoms with Gasteiger partial charge in [0.1, 0.15) is 5.15 Å². The standard InChI is InChI=1S/C18H14ClN/c19-17-12-11-16(13-20-17)18(14-7-3-1-4-8-14)15-9-5-2-6-10-15/h1-13,18H. The van der Waals surface area contributed by atoms with Crippen LogP contribution < -0.4 is 0 Å². The molecular weight excluding hydrogens is 266 g/mol. The fourth-order valence-electron chi connectivity index (χ4n) is 2.43. The van der Waals surface area contributed by atoms with E-state index in [0.29, 0.717) is 5.15 Å². The fourth-order valence-corrected chi connectivity index (χ4v) is 2.54. The first kappa shape index (κ1) is 12.9. The van der Waals surface area contributed by atoms with Crippen LogP contribution in [0.25, 0.3) is 0 Å². The van der Waals surface area contributed by atoms with E-state index in [9.17, 15) is 0 Å². The number of hydrogen-bond acceptors (Lipinski definition) is 1. The molecule has 0 saturated heterocycles. The summed E-state index contributed by atoms with van der Waals surface area (Å²) in [5.41, 5.74) is 3.65. The summed E-state index contributed by atoms with van der Waals surface area (Å²) in [6.07, 6.45) is 1.85. The van der Waals surface area contributed by atoms with Crippen molar-refractivity contribution in [2.45, 2.75) is 5.92 Å². The van der Waals surface area contributed by atoms with Crippen LogP contribution in [0.2, 0.25) is 5.15 Å². The monoisotopic (exact) mass is 279 g/mol. The maximum absolute atomic E-state index is 5.90. The molecule has 0 aliphatic rings. The van der Waals surface area contributed by atoms with Crippen molar-refractivity contribution in [2.24, 2.45) is 0 Å². The summed E-state index contributed by atoms with van der Waals surface area (Å²) < 4.78 is 0. The lowest BCUT2D eigenvalue weighted by molar-refractivity contribution is 0.963. The van der Waals surface area contributed by atoms with E-state index in [4.69, 9.17) is 11.6 Å². The van der Waals surface area contributed by atoms with Crippen molar-refractivity contribution in [3.63, 3.8) is 0 Å². The second-order valence-corrected chi connectivity index (χ2v) is 5.06. The maximum atomic E-state index is 5.90. The third kappa shape index (κ3) is 2.73. The fraction of sp³-hybridized carbons (Fsp3) is 0.0556. The third-order valence-corrected chi connectivity index (χ3v) is 3.57. The summed E-state index contributed by atoms with van der Waals surface area (Å²) in [5, 5.41) is 0.522. The Morgan fingerprint density at radius 2 is 1.20 bits per heavy atom. The molecule has 0 aliphatic carbocycles. The van der Waals surface area contributed by atoms with E-state index in [0.717, 1.165) is 5.56 Å². The molecule has 0 fully saturated rings. The normalized spacial score (nSPS) is 10.7. The highest BCUT2D eigenvalue weighted by atomic mass is 35.5. The van der Waals surface area contributed by atoms with E-state index in [-0.39, 0.29) is 5.92 Å². The summed E-state index contributed by atoms with van der Waals surface area (Å²) in [5.74, 6) is 0.183. The highest BCUT2D eigenvalue weighted by Crippen LogP contribution is 2.31. The van der Waals surface area contributed by atoms with Crippen molar-refractivity contribution in [3.8, 4) is 0 Å². The lowest BCUT2D eigenvalue weighted by atomic mass is 9.86. The molecule has 0 saturated carbocycles. The van der Waals surface area contributed by atoms with E-state index in [1.807, 2.05) is 30.5 Å². The Balaban J connectivity index is 2.11. The van der Waals surface area contributed by atoms with Crippen LogP contribution in [0, 0.1) is 0 Å². The van der Waals surface area contributed by atoms with Gasteiger partial charge in [0.2, 0.25) is 0 Å². The van der Waals surface area contributed by atoms with Crippen molar-refractivity contribution in [1.29, 1.82) is 0 Å². The zero-order valence-electron chi connectivity index (χ0n) is 10.9. The first-order valence-corrected chi connectivity index (χ1v) is 6.94. The summed E-state index contributed by atoms with van der Waals surface area (Å²) in [6, 6.07) is 24.8. The van der Waals surface area contributed by atoms with Crippen LogP contribution in [-0.2, 0) is 0 Å². The Hall–Kier alpha value is -2.12. The zero-order chi connectivity index (χ0) is 13.8. The second-order valence-electron chi connectivity index (χ2n) is 4.67. The van der Waals surface area contributed by atoms with Crippen LogP contribution in [0.1, 0.15) is 22.6 Å². The minimum Gasteiger partial charge on any atom is -0.244 e. The number of rotatable bonds is 3. The van der Waals surface area contributed by atoms with Gasteiger partial charge in [-0.3, -0.25) is 0 Å². The van der Waals surface area contributed by atoms with Gasteiger partial charge in [-0.1, -0.05) is 78.3 Å². The van der Waals surface area contributed by atoms with Crippen LogP contribution in [0.5, 0.6) is 0 Å². The van der Waals surface area contributed by atoms with Crippen molar-refractivity contribution < 1.29 is 0 Å². The topological polar surface area (TPSA) is 12.9 Å². The van der Waals surface area contributed by atoms with E-state index in [1.165, 1.54) is 11.1 Å².